The SMILES string of the molecule is Cc1ccc(C)c(S(=O)(=O)NCC(c2ccco2)S(=O)(=O)c2ccc(Cl)cc2)c1. The van der Waals surface area contributed by atoms with Crippen molar-refractivity contribution in [3.05, 3.63) is 82.8 Å². The summed E-state index contributed by atoms with van der Waals surface area (Å²) in [6.07, 6.45) is 1.35. The molecule has 0 spiro atoms. The molecule has 3 rings (SSSR count). The minimum absolute atomic E-state index is 0.0224. The topological polar surface area (TPSA) is 93.4 Å². The molecule has 0 saturated heterocycles. The van der Waals surface area contributed by atoms with Crippen LogP contribution in [-0.4, -0.2) is 23.4 Å². The van der Waals surface area contributed by atoms with Crippen LogP contribution in [0.4, 0.5) is 0 Å². The number of sulfone groups is 1. The molecule has 1 unspecified atom stereocenters. The highest BCUT2D eigenvalue weighted by Gasteiger charge is 2.33. The molecule has 1 N–H and O–H groups in total. The fourth-order valence-corrected chi connectivity index (χ4v) is 6.08. The third kappa shape index (κ3) is 4.72. The summed E-state index contributed by atoms with van der Waals surface area (Å²) in [6, 6.07) is 13.8. The fraction of sp³-hybridized carbons (Fsp3) is 0.200. The molecule has 0 amide bonds. The van der Waals surface area contributed by atoms with Crippen LogP contribution in [0.3, 0.4) is 0 Å². The normalized spacial score (nSPS) is 13.3. The Kier molecular flexibility index (Phi) is 6.19. The number of nitrogens with one attached hydrogen (secondary N) is 1. The van der Waals surface area contributed by atoms with Crippen molar-refractivity contribution >= 4 is 31.5 Å². The molecule has 2 aromatic carbocycles. The number of furan rings is 1. The van der Waals surface area contributed by atoms with Crippen LogP contribution in [0.1, 0.15) is 22.1 Å². The van der Waals surface area contributed by atoms with Gasteiger partial charge in [0.25, 0.3) is 0 Å². The molecular weight excluding hydrogens is 434 g/mol. The van der Waals surface area contributed by atoms with E-state index in [9.17, 15) is 16.8 Å². The van der Waals surface area contributed by atoms with Crippen molar-refractivity contribution in [2.24, 2.45) is 0 Å². The Hall–Kier alpha value is -2.13. The second kappa shape index (κ2) is 8.31. The molecule has 0 radical (unpaired) electrons. The minimum atomic E-state index is -3.94. The van der Waals surface area contributed by atoms with Crippen molar-refractivity contribution in [3.63, 3.8) is 0 Å². The average Bonchev–Trinajstić information content (AvgIpc) is 3.18. The lowest BCUT2D eigenvalue weighted by Crippen LogP contribution is -2.32. The maximum atomic E-state index is 13.2. The van der Waals surface area contributed by atoms with Crippen molar-refractivity contribution in [1.82, 2.24) is 4.72 Å². The van der Waals surface area contributed by atoms with E-state index in [1.54, 1.807) is 32.0 Å². The maximum absolute atomic E-state index is 13.2. The lowest BCUT2D eigenvalue weighted by molar-refractivity contribution is 0.486. The predicted molar refractivity (Wildman–Crippen MR) is 111 cm³/mol. The highest BCUT2D eigenvalue weighted by Crippen LogP contribution is 2.30. The summed E-state index contributed by atoms with van der Waals surface area (Å²) in [5, 5.41) is -0.840. The Morgan fingerprint density at radius 2 is 1.69 bits per heavy atom. The molecular formula is C20H20ClNO5S2. The Labute approximate surface area is 175 Å². The van der Waals surface area contributed by atoms with Crippen LogP contribution in [0.5, 0.6) is 0 Å². The van der Waals surface area contributed by atoms with Gasteiger partial charge >= 0.3 is 0 Å². The first-order chi connectivity index (χ1) is 13.6. The van der Waals surface area contributed by atoms with E-state index in [-0.39, 0.29) is 22.1 Å². The molecule has 0 fully saturated rings. The molecule has 154 valence electrons. The lowest BCUT2D eigenvalue weighted by atomic mass is 10.2. The van der Waals surface area contributed by atoms with Gasteiger partial charge in [0.1, 0.15) is 11.0 Å². The van der Waals surface area contributed by atoms with Gasteiger partial charge in [0, 0.05) is 11.6 Å². The van der Waals surface area contributed by atoms with Crippen LogP contribution in [0.2, 0.25) is 5.02 Å². The number of sulfonamides is 1. The van der Waals surface area contributed by atoms with Crippen molar-refractivity contribution in [1.29, 1.82) is 0 Å². The predicted octanol–water partition coefficient (Wildman–Crippen LogP) is 4.04. The lowest BCUT2D eigenvalue weighted by Gasteiger charge is -2.17. The molecule has 0 bridgehead atoms. The van der Waals surface area contributed by atoms with Gasteiger partial charge in [-0.25, -0.2) is 21.6 Å². The van der Waals surface area contributed by atoms with Gasteiger partial charge in [0.2, 0.25) is 10.0 Å². The second-order valence-corrected chi connectivity index (χ2v) is 10.9. The van der Waals surface area contributed by atoms with Crippen LogP contribution in [-0.2, 0) is 19.9 Å². The van der Waals surface area contributed by atoms with Gasteiger partial charge in [-0.05, 0) is 67.4 Å². The Bertz CT molecular complexity index is 1200. The first-order valence-electron chi connectivity index (χ1n) is 8.71. The van der Waals surface area contributed by atoms with E-state index < -0.39 is 25.1 Å². The number of aryl methyl sites for hydroxylation is 2. The molecule has 1 atom stereocenters. The van der Waals surface area contributed by atoms with Crippen LogP contribution >= 0.6 is 11.6 Å². The molecule has 0 aliphatic carbocycles. The highest BCUT2D eigenvalue weighted by molar-refractivity contribution is 7.92. The van der Waals surface area contributed by atoms with E-state index in [4.69, 9.17) is 16.0 Å². The number of halogens is 1. The maximum Gasteiger partial charge on any atom is 0.240 e. The summed E-state index contributed by atoms with van der Waals surface area (Å²) in [5.74, 6) is 0.142. The molecule has 0 aliphatic heterocycles. The molecule has 9 heteroatoms. The third-order valence-electron chi connectivity index (χ3n) is 4.47. The summed E-state index contributed by atoms with van der Waals surface area (Å²) < 4.78 is 59.8. The zero-order valence-corrected chi connectivity index (χ0v) is 18.2. The number of rotatable bonds is 7. The molecule has 0 aliphatic rings. The Morgan fingerprint density at radius 1 is 1.00 bits per heavy atom. The fourth-order valence-electron chi connectivity index (χ4n) is 2.89. The standard InChI is InChI=1S/C20H20ClNO5S2/c1-14-5-6-15(2)19(12-14)29(25,26)22-13-20(18-4-3-11-27-18)28(23,24)17-9-7-16(21)8-10-17/h3-12,20,22H,13H2,1-2H3. The van der Waals surface area contributed by atoms with Gasteiger partial charge in [0.05, 0.1) is 16.1 Å². The van der Waals surface area contributed by atoms with Crippen LogP contribution in [0.15, 0.2) is 75.1 Å². The van der Waals surface area contributed by atoms with Gasteiger partial charge in [-0.3, -0.25) is 0 Å². The molecule has 0 saturated carbocycles. The molecule has 29 heavy (non-hydrogen) atoms. The first-order valence-corrected chi connectivity index (χ1v) is 12.1. The van der Waals surface area contributed by atoms with E-state index in [0.29, 0.717) is 10.6 Å². The smallest absolute Gasteiger partial charge is 0.240 e. The van der Waals surface area contributed by atoms with Crippen molar-refractivity contribution in [2.45, 2.75) is 28.9 Å². The van der Waals surface area contributed by atoms with Crippen LogP contribution < -0.4 is 4.72 Å². The zero-order chi connectivity index (χ0) is 21.2. The Morgan fingerprint density at radius 3 is 2.31 bits per heavy atom. The summed E-state index contributed by atoms with van der Waals surface area (Å²) in [7, 11) is -7.87. The van der Waals surface area contributed by atoms with E-state index in [1.807, 2.05) is 6.07 Å². The zero-order valence-electron chi connectivity index (χ0n) is 15.8. The minimum Gasteiger partial charge on any atom is -0.468 e. The summed E-state index contributed by atoms with van der Waals surface area (Å²) >= 11 is 5.85. The van der Waals surface area contributed by atoms with Gasteiger partial charge in [-0.15, -0.1) is 0 Å². The highest BCUT2D eigenvalue weighted by atomic mass is 35.5. The summed E-state index contributed by atoms with van der Waals surface area (Å²) in [6.45, 7) is 3.09. The van der Waals surface area contributed by atoms with E-state index >= 15 is 0 Å². The first kappa shape index (κ1) is 21.6. The van der Waals surface area contributed by atoms with Gasteiger partial charge < -0.3 is 4.42 Å². The van der Waals surface area contributed by atoms with Crippen molar-refractivity contribution in [2.75, 3.05) is 6.54 Å². The van der Waals surface area contributed by atoms with Crippen molar-refractivity contribution < 1.29 is 21.3 Å². The van der Waals surface area contributed by atoms with Crippen molar-refractivity contribution in [3.8, 4) is 0 Å². The second-order valence-electron chi connectivity index (χ2n) is 6.62. The number of hydrogen-bond donors (Lipinski definition) is 1. The third-order valence-corrected chi connectivity index (χ3v) is 8.36. The molecule has 3 aromatic rings. The van der Waals surface area contributed by atoms with Crippen LogP contribution in [0.25, 0.3) is 0 Å². The summed E-state index contributed by atoms with van der Waals surface area (Å²) in [5.41, 5.74) is 1.35. The average molecular weight is 454 g/mol. The van der Waals surface area contributed by atoms with Crippen LogP contribution in [0, 0.1) is 13.8 Å². The largest absolute Gasteiger partial charge is 0.468 e. The van der Waals surface area contributed by atoms with E-state index in [2.05, 4.69) is 4.72 Å². The molecule has 6 nitrogen and oxygen atoms in total. The molecule has 1 heterocycles. The number of hydrogen-bond acceptors (Lipinski definition) is 5. The summed E-state index contributed by atoms with van der Waals surface area (Å²) in [4.78, 5) is 0.133. The Balaban J connectivity index is 1.95. The van der Waals surface area contributed by atoms with E-state index in [0.717, 1.165) is 5.56 Å². The van der Waals surface area contributed by atoms with Gasteiger partial charge in [-0.2, -0.15) is 0 Å². The monoisotopic (exact) mass is 453 g/mol. The van der Waals surface area contributed by atoms with E-state index in [1.165, 1.54) is 36.6 Å². The van der Waals surface area contributed by atoms with Gasteiger partial charge in [-0.1, -0.05) is 23.7 Å². The molecule has 1 aromatic heterocycles. The number of benzene rings is 2. The quantitative estimate of drug-likeness (QED) is 0.582. The van der Waals surface area contributed by atoms with Gasteiger partial charge in [0.15, 0.2) is 9.84 Å².